The quantitative estimate of drug-likeness (QED) is 0.478. The topological polar surface area (TPSA) is 46.2 Å². The largest absolute Gasteiger partial charge is 0.399 e. The first-order valence-electron chi connectivity index (χ1n) is 4.79. The summed E-state index contributed by atoms with van der Waals surface area (Å²) in [7, 11) is 0. The molecule has 0 saturated heterocycles. The van der Waals surface area contributed by atoms with Crippen LogP contribution in [-0.2, 0) is 0 Å². The van der Waals surface area contributed by atoms with Crippen LogP contribution in [0.4, 0.5) is 5.69 Å². The molecule has 0 unspecified atom stereocenters. The third-order valence-electron chi connectivity index (χ3n) is 2.51. The zero-order valence-corrected chi connectivity index (χ0v) is 7.96. The van der Waals surface area contributed by atoms with Crippen molar-refractivity contribution in [2.24, 2.45) is 0 Å². The molecular weight excluding hydrogens is 174 g/mol. The van der Waals surface area contributed by atoms with Crippen LogP contribution in [0.1, 0.15) is 24.8 Å². The Labute approximate surface area is 83.7 Å². The molecule has 0 aliphatic heterocycles. The molecular formula is C12H13NO. The predicted molar refractivity (Wildman–Crippen MR) is 56.5 cm³/mol. The fourth-order valence-corrected chi connectivity index (χ4v) is 1.44. The van der Waals surface area contributed by atoms with E-state index in [0.29, 0.717) is 5.69 Å². The highest BCUT2D eigenvalue weighted by atomic mass is 16.3. The molecule has 2 rings (SSSR count). The maximum atomic E-state index is 9.74. The lowest BCUT2D eigenvalue weighted by Crippen LogP contribution is -2.34. The molecule has 0 heterocycles. The molecule has 2 heteroatoms. The van der Waals surface area contributed by atoms with E-state index >= 15 is 0 Å². The van der Waals surface area contributed by atoms with Gasteiger partial charge >= 0.3 is 0 Å². The molecule has 1 aliphatic rings. The van der Waals surface area contributed by atoms with Crippen molar-refractivity contribution < 1.29 is 5.11 Å². The summed E-state index contributed by atoms with van der Waals surface area (Å²) in [5.41, 5.74) is 6.45. The zero-order valence-electron chi connectivity index (χ0n) is 7.96. The molecule has 0 amide bonds. The second-order valence-corrected chi connectivity index (χ2v) is 3.76. The van der Waals surface area contributed by atoms with E-state index in [1.165, 1.54) is 0 Å². The third-order valence-corrected chi connectivity index (χ3v) is 2.51. The molecule has 0 radical (unpaired) electrons. The maximum absolute atomic E-state index is 9.74. The van der Waals surface area contributed by atoms with Crippen molar-refractivity contribution in [3.63, 3.8) is 0 Å². The van der Waals surface area contributed by atoms with Gasteiger partial charge in [0.2, 0.25) is 0 Å². The van der Waals surface area contributed by atoms with Gasteiger partial charge in [0.05, 0.1) is 0 Å². The van der Waals surface area contributed by atoms with Gasteiger partial charge in [-0.1, -0.05) is 17.9 Å². The van der Waals surface area contributed by atoms with Crippen LogP contribution in [0, 0.1) is 11.8 Å². The van der Waals surface area contributed by atoms with Crippen LogP contribution in [0.3, 0.4) is 0 Å². The van der Waals surface area contributed by atoms with Crippen LogP contribution in [0.5, 0.6) is 0 Å². The first-order chi connectivity index (χ1) is 6.68. The summed E-state index contributed by atoms with van der Waals surface area (Å²) in [5.74, 6) is 5.84. The van der Waals surface area contributed by atoms with Crippen molar-refractivity contribution in [2.75, 3.05) is 5.73 Å². The molecule has 1 aromatic carbocycles. The molecule has 0 aromatic heterocycles. The van der Waals surface area contributed by atoms with Crippen LogP contribution in [0.2, 0.25) is 0 Å². The Bertz CT molecular complexity index is 396. The smallest absolute Gasteiger partial charge is 0.125 e. The van der Waals surface area contributed by atoms with Crippen molar-refractivity contribution in [3.05, 3.63) is 29.8 Å². The summed E-state index contributed by atoms with van der Waals surface area (Å²) in [6.45, 7) is 0. The number of anilines is 1. The van der Waals surface area contributed by atoms with Gasteiger partial charge in [-0.05, 0) is 37.5 Å². The zero-order chi connectivity index (χ0) is 10.0. The molecule has 2 nitrogen and oxygen atoms in total. The Morgan fingerprint density at radius 1 is 1.36 bits per heavy atom. The summed E-state index contributed by atoms with van der Waals surface area (Å²) >= 11 is 0. The molecule has 1 aliphatic carbocycles. The lowest BCUT2D eigenvalue weighted by atomic mass is 9.81. The lowest BCUT2D eigenvalue weighted by Gasteiger charge is -2.30. The summed E-state index contributed by atoms with van der Waals surface area (Å²) in [6.07, 6.45) is 2.66. The van der Waals surface area contributed by atoms with Crippen molar-refractivity contribution in [3.8, 4) is 11.8 Å². The number of nitrogens with two attached hydrogens (primary N) is 1. The first-order valence-corrected chi connectivity index (χ1v) is 4.79. The number of nitrogen functional groups attached to an aromatic ring is 1. The van der Waals surface area contributed by atoms with Gasteiger partial charge in [0.25, 0.3) is 0 Å². The molecule has 1 aromatic rings. The summed E-state index contributed by atoms with van der Waals surface area (Å²) < 4.78 is 0. The maximum Gasteiger partial charge on any atom is 0.125 e. The van der Waals surface area contributed by atoms with Crippen molar-refractivity contribution >= 4 is 5.69 Å². The van der Waals surface area contributed by atoms with Gasteiger partial charge in [0.1, 0.15) is 5.60 Å². The van der Waals surface area contributed by atoms with Crippen molar-refractivity contribution in [1.29, 1.82) is 0 Å². The number of hydrogen-bond donors (Lipinski definition) is 2. The lowest BCUT2D eigenvalue weighted by molar-refractivity contribution is 0.0240. The first kappa shape index (κ1) is 9.11. The molecule has 72 valence electrons. The summed E-state index contributed by atoms with van der Waals surface area (Å²) in [4.78, 5) is 0. The van der Waals surface area contributed by atoms with Crippen LogP contribution < -0.4 is 5.73 Å². The number of benzene rings is 1. The second kappa shape index (κ2) is 3.36. The van der Waals surface area contributed by atoms with Gasteiger partial charge in [-0.15, -0.1) is 0 Å². The average molecular weight is 187 g/mol. The summed E-state index contributed by atoms with van der Waals surface area (Å²) in [5, 5.41) is 9.74. The molecule has 14 heavy (non-hydrogen) atoms. The predicted octanol–water partition coefficient (Wildman–Crippen LogP) is 1.54. The monoisotopic (exact) mass is 187 g/mol. The molecule has 1 fully saturated rings. The van der Waals surface area contributed by atoms with Gasteiger partial charge in [-0.3, -0.25) is 0 Å². The van der Waals surface area contributed by atoms with E-state index < -0.39 is 5.60 Å². The fourth-order valence-electron chi connectivity index (χ4n) is 1.44. The van der Waals surface area contributed by atoms with Crippen LogP contribution in [-0.4, -0.2) is 10.7 Å². The molecule has 3 N–H and O–H groups in total. The fraction of sp³-hybridized carbons (Fsp3) is 0.333. The highest BCUT2D eigenvalue weighted by molar-refractivity contribution is 5.47. The van der Waals surface area contributed by atoms with Crippen LogP contribution in [0.25, 0.3) is 0 Å². The number of rotatable bonds is 0. The van der Waals surface area contributed by atoms with E-state index in [4.69, 9.17) is 5.73 Å². The standard InChI is InChI=1S/C12H13NO/c13-11-4-1-3-10(9-11)5-8-12(14)6-2-7-12/h1,3-4,9,14H,2,6-7,13H2. The Kier molecular flexibility index (Phi) is 2.18. The molecule has 0 bridgehead atoms. The highest BCUT2D eigenvalue weighted by Gasteiger charge is 2.31. The molecule has 1 saturated carbocycles. The van der Waals surface area contributed by atoms with Crippen LogP contribution >= 0.6 is 0 Å². The van der Waals surface area contributed by atoms with Crippen LogP contribution in [0.15, 0.2) is 24.3 Å². The number of hydrogen-bond acceptors (Lipinski definition) is 2. The summed E-state index contributed by atoms with van der Waals surface area (Å²) in [6, 6.07) is 7.40. The van der Waals surface area contributed by atoms with E-state index in [2.05, 4.69) is 11.8 Å². The SMILES string of the molecule is Nc1cccc(C#CC2(O)CCC2)c1. The van der Waals surface area contributed by atoms with E-state index in [1.54, 1.807) is 0 Å². The van der Waals surface area contributed by atoms with Gasteiger partial charge in [0, 0.05) is 11.3 Å². The molecule has 0 atom stereocenters. The van der Waals surface area contributed by atoms with E-state index in [-0.39, 0.29) is 0 Å². The van der Waals surface area contributed by atoms with Gasteiger partial charge in [0.15, 0.2) is 0 Å². The van der Waals surface area contributed by atoms with Gasteiger partial charge < -0.3 is 10.8 Å². The van der Waals surface area contributed by atoms with Gasteiger partial charge in [-0.2, -0.15) is 0 Å². The van der Waals surface area contributed by atoms with E-state index in [9.17, 15) is 5.11 Å². The van der Waals surface area contributed by atoms with Crippen molar-refractivity contribution in [2.45, 2.75) is 24.9 Å². The Morgan fingerprint density at radius 3 is 2.71 bits per heavy atom. The van der Waals surface area contributed by atoms with E-state index in [1.807, 2.05) is 24.3 Å². The van der Waals surface area contributed by atoms with Crippen molar-refractivity contribution in [1.82, 2.24) is 0 Å². The second-order valence-electron chi connectivity index (χ2n) is 3.76. The third kappa shape index (κ3) is 1.89. The van der Waals surface area contributed by atoms with E-state index in [0.717, 1.165) is 24.8 Å². The normalized spacial score (nSPS) is 17.8. The van der Waals surface area contributed by atoms with Gasteiger partial charge in [-0.25, -0.2) is 0 Å². The molecule has 0 spiro atoms. The minimum Gasteiger partial charge on any atom is -0.399 e. The minimum absolute atomic E-state index is 0.706. The Morgan fingerprint density at radius 2 is 2.14 bits per heavy atom. The Balaban J connectivity index is 2.17. The number of aliphatic hydroxyl groups is 1. The Hall–Kier alpha value is -1.46. The minimum atomic E-state index is -0.732. The average Bonchev–Trinajstić information content (AvgIpc) is 2.12. The highest BCUT2D eigenvalue weighted by Crippen LogP contribution is 2.30.